The minimum atomic E-state index is 0.0108. The Labute approximate surface area is 139 Å². The van der Waals surface area contributed by atoms with E-state index in [9.17, 15) is 4.79 Å². The number of thiazole rings is 1. The van der Waals surface area contributed by atoms with E-state index in [1.165, 1.54) is 21.9 Å². The van der Waals surface area contributed by atoms with Gasteiger partial charge in [-0.1, -0.05) is 26.0 Å². The maximum absolute atomic E-state index is 12.1. The summed E-state index contributed by atoms with van der Waals surface area (Å²) < 4.78 is 0. The number of carbonyl (C=O) groups is 1. The lowest BCUT2D eigenvalue weighted by Gasteiger charge is -2.06. The van der Waals surface area contributed by atoms with Crippen LogP contribution in [0.2, 0.25) is 0 Å². The fourth-order valence-corrected chi connectivity index (χ4v) is 4.45. The summed E-state index contributed by atoms with van der Waals surface area (Å²) in [5.74, 6) is 0.0108. The lowest BCUT2D eigenvalue weighted by molar-refractivity contribution is -0.115. The average Bonchev–Trinajstić information content (AvgIpc) is 3.01. The molecule has 2 aromatic rings. The largest absolute Gasteiger partial charge is 0.302 e. The molecular weight excluding hydrogens is 312 g/mol. The highest BCUT2D eigenvalue weighted by atomic mass is 32.2. The monoisotopic (exact) mass is 332 g/mol. The number of hydrogen-bond donors (Lipinski definition) is 1. The van der Waals surface area contributed by atoms with Crippen molar-refractivity contribution in [3.63, 3.8) is 0 Å². The second kappa shape index (κ2) is 6.84. The zero-order chi connectivity index (χ0) is 15.5. The van der Waals surface area contributed by atoms with Crippen molar-refractivity contribution < 1.29 is 4.79 Å². The summed E-state index contributed by atoms with van der Waals surface area (Å²) in [6, 6.07) is 8.24. The van der Waals surface area contributed by atoms with E-state index in [0.29, 0.717) is 11.7 Å². The molecule has 0 saturated carbocycles. The number of carbonyl (C=O) groups excluding carboxylic acids is 1. The molecule has 22 heavy (non-hydrogen) atoms. The van der Waals surface area contributed by atoms with Crippen LogP contribution in [0.15, 0.2) is 29.2 Å². The van der Waals surface area contributed by atoms with Crippen molar-refractivity contribution in [2.45, 2.75) is 49.7 Å². The van der Waals surface area contributed by atoms with Gasteiger partial charge in [-0.25, -0.2) is 4.98 Å². The van der Waals surface area contributed by atoms with Gasteiger partial charge in [-0.3, -0.25) is 4.79 Å². The molecule has 0 aliphatic heterocycles. The maximum atomic E-state index is 12.1. The van der Waals surface area contributed by atoms with Crippen LogP contribution in [0.4, 0.5) is 5.13 Å². The first-order valence-electron chi connectivity index (χ1n) is 7.64. The normalized spacial score (nSPS) is 13.4. The Bertz CT molecular complexity index is 640. The Balaban J connectivity index is 1.56. The van der Waals surface area contributed by atoms with Crippen LogP contribution in [0.3, 0.4) is 0 Å². The van der Waals surface area contributed by atoms with Gasteiger partial charge in [0.05, 0.1) is 12.1 Å². The molecule has 0 saturated heterocycles. The van der Waals surface area contributed by atoms with E-state index >= 15 is 0 Å². The van der Waals surface area contributed by atoms with E-state index in [4.69, 9.17) is 0 Å². The van der Waals surface area contributed by atoms with Crippen molar-refractivity contribution in [2.75, 3.05) is 5.32 Å². The van der Waals surface area contributed by atoms with Crippen LogP contribution in [0, 0.1) is 0 Å². The first kappa shape index (κ1) is 15.6. The third-order valence-corrected chi connectivity index (χ3v) is 5.59. The van der Waals surface area contributed by atoms with Gasteiger partial charge in [0.25, 0.3) is 0 Å². The highest BCUT2D eigenvalue weighted by molar-refractivity contribution is 7.99. The standard InChI is InChI=1S/C17H20N2OS2/c1-11(2)21-13-8-6-12(7-9-13)10-16(20)19-17-18-14-4-3-5-15(14)22-17/h6-9,11H,3-5,10H2,1-2H3,(H,18,19,20). The molecular formula is C17H20N2OS2. The molecule has 3 rings (SSSR count). The second-order valence-electron chi connectivity index (χ2n) is 5.78. The molecule has 0 unspecified atom stereocenters. The third kappa shape index (κ3) is 3.90. The van der Waals surface area contributed by atoms with E-state index in [-0.39, 0.29) is 5.91 Å². The average molecular weight is 332 g/mol. The fourth-order valence-electron chi connectivity index (χ4n) is 2.55. The van der Waals surface area contributed by atoms with E-state index in [1.807, 2.05) is 23.9 Å². The number of benzene rings is 1. The lowest BCUT2D eigenvalue weighted by Crippen LogP contribution is -2.14. The van der Waals surface area contributed by atoms with Gasteiger partial charge >= 0.3 is 0 Å². The summed E-state index contributed by atoms with van der Waals surface area (Å²) in [7, 11) is 0. The number of aromatic nitrogens is 1. The molecule has 1 aromatic heterocycles. The predicted octanol–water partition coefficient (Wildman–Crippen LogP) is 4.31. The number of rotatable bonds is 5. The number of hydrogen-bond acceptors (Lipinski definition) is 4. The number of fused-ring (bicyclic) bond motifs is 1. The lowest BCUT2D eigenvalue weighted by atomic mass is 10.1. The Hall–Kier alpha value is -1.33. The quantitative estimate of drug-likeness (QED) is 0.830. The van der Waals surface area contributed by atoms with Crippen molar-refractivity contribution in [1.82, 2.24) is 4.98 Å². The molecule has 0 spiro atoms. The smallest absolute Gasteiger partial charge is 0.230 e. The molecule has 0 bridgehead atoms. The van der Waals surface area contributed by atoms with Crippen LogP contribution >= 0.6 is 23.1 Å². The summed E-state index contributed by atoms with van der Waals surface area (Å²) in [6.07, 6.45) is 3.76. The molecule has 1 N–H and O–H groups in total. The molecule has 1 aliphatic carbocycles. The predicted molar refractivity (Wildman–Crippen MR) is 93.9 cm³/mol. The zero-order valence-electron chi connectivity index (χ0n) is 12.9. The van der Waals surface area contributed by atoms with E-state index in [0.717, 1.165) is 23.5 Å². The van der Waals surface area contributed by atoms with Crippen LogP contribution in [0.1, 0.15) is 36.4 Å². The molecule has 116 valence electrons. The van der Waals surface area contributed by atoms with Gasteiger partial charge in [0.2, 0.25) is 5.91 Å². The molecule has 1 heterocycles. The molecule has 0 fully saturated rings. The van der Waals surface area contributed by atoms with Crippen LogP contribution in [0.5, 0.6) is 0 Å². The highest BCUT2D eigenvalue weighted by Gasteiger charge is 2.17. The van der Waals surface area contributed by atoms with Crippen LogP contribution < -0.4 is 5.32 Å². The minimum absolute atomic E-state index is 0.0108. The van der Waals surface area contributed by atoms with Gasteiger partial charge < -0.3 is 5.32 Å². The first-order chi connectivity index (χ1) is 10.6. The molecule has 0 radical (unpaired) electrons. The van der Waals surface area contributed by atoms with Gasteiger partial charge in [-0.15, -0.1) is 23.1 Å². The molecule has 0 atom stereocenters. The summed E-state index contributed by atoms with van der Waals surface area (Å²) in [4.78, 5) is 19.2. The first-order valence-corrected chi connectivity index (χ1v) is 9.34. The van der Waals surface area contributed by atoms with Gasteiger partial charge in [-0.05, 0) is 37.0 Å². The van der Waals surface area contributed by atoms with Gasteiger partial charge in [-0.2, -0.15) is 0 Å². The topological polar surface area (TPSA) is 42.0 Å². The van der Waals surface area contributed by atoms with Gasteiger partial charge in [0.15, 0.2) is 5.13 Å². The Morgan fingerprint density at radius 1 is 1.32 bits per heavy atom. The minimum Gasteiger partial charge on any atom is -0.302 e. The highest BCUT2D eigenvalue weighted by Crippen LogP contribution is 2.30. The summed E-state index contributed by atoms with van der Waals surface area (Å²) in [5.41, 5.74) is 2.21. The number of aryl methyl sites for hydroxylation is 2. The Kier molecular flexibility index (Phi) is 4.84. The summed E-state index contributed by atoms with van der Waals surface area (Å²) in [6.45, 7) is 4.36. The van der Waals surface area contributed by atoms with Crippen LogP contribution in [-0.4, -0.2) is 16.1 Å². The molecule has 5 heteroatoms. The number of nitrogens with one attached hydrogen (secondary N) is 1. The number of amides is 1. The molecule has 1 aromatic carbocycles. The maximum Gasteiger partial charge on any atom is 0.230 e. The van der Waals surface area contributed by atoms with E-state index in [1.54, 1.807) is 11.3 Å². The van der Waals surface area contributed by atoms with E-state index < -0.39 is 0 Å². The van der Waals surface area contributed by atoms with E-state index in [2.05, 4.69) is 36.3 Å². The number of anilines is 1. The van der Waals surface area contributed by atoms with Gasteiger partial charge in [0, 0.05) is 15.0 Å². The van der Waals surface area contributed by atoms with Crippen molar-refractivity contribution in [3.8, 4) is 0 Å². The van der Waals surface area contributed by atoms with Crippen molar-refractivity contribution in [1.29, 1.82) is 0 Å². The zero-order valence-corrected chi connectivity index (χ0v) is 14.5. The fraction of sp³-hybridized carbons (Fsp3) is 0.412. The molecule has 1 aliphatic rings. The molecule has 1 amide bonds. The van der Waals surface area contributed by atoms with Crippen molar-refractivity contribution in [3.05, 3.63) is 40.4 Å². The Morgan fingerprint density at radius 3 is 2.77 bits per heavy atom. The van der Waals surface area contributed by atoms with Crippen molar-refractivity contribution in [2.24, 2.45) is 0 Å². The van der Waals surface area contributed by atoms with Crippen molar-refractivity contribution >= 4 is 34.1 Å². The third-order valence-electron chi connectivity index (χ3n) is 3.50. The number of thioether (sulfide) groups is 1. The SMILES string of the molecule is CC(C)Sc1ccc(CC(=O)Nc2nc3c(s2)CCC3)cc1. The second-order valence-corrected chi connectivity index (χ2v) is 8.51. The van der Waals surface area contributed by atoms with Crippen LogP contribution in [-0.2, 0) is 24.1 Å². The summed E-state index contributed by atoms with van der Waals surface area (Å²) in [5, 5.41) is 4.25. The summed E-state index contributed by atoms with van der Waals surface area (Å²) >= 11 is 3.46. The number of nitrogens with zero attached hydrogens (tertiary/aromatic N) is 1. The molecule has 3 nitrogen and oxygen atoms in total. The van der Waals surface area contributed by atoms with Crippen LogP contribution in [0.25, 0.3) is 0 Å². The van der Waals surface area contributed by atoms with Gasteiger partial charge in [0.1, 0.15) is 0 Å². The Morgan fingerprint density at radius 2 is 2.09 bits per heavy atom.